The Morgan fingerprint density at radius 2 is 1.50 bits per heavy atom. The summed E-state index contributed by atoms with van der Waals surface area (Å²) in [4.78, 5) is 29.9. The van der Waals surface area contributed by atoms with Crippen LogP contribution in [0.2, 0.25) is 0 Å². The van der Waals surface area contributed by atoms with Gasteiger partial charge in [-0.1, -0.05) is 94.8 Å². The fourth-order valence-corrected chi connectivity index (χ4v) is 5.10. The summed E-state index contributed by atoms with van der Waals surface area (Å²) in [7, 11) is 0. The zero-order valence-electron chi connectivity index (χ0n) is 21.0. The maximum absolute atomic E-state index is 12.8. The Kier molecular flexibility index (Phi) is 10.1. The fourth-order valence-electron chi connectivity index (χ4n) is 4.04. The number of benzene rings is 4. The van der Waals surface area contributed by atoms with Crippen molar-refractivity contribution in [1.82, 2.24) is 10.4 Å². The summed E-state index contributed by atoms with van der Waals surface area (Å²) in [6.45, 7) is 2.77. The molecule has 0 saturated heterocycles. The van der Waals surface area contributed by atoms with Crippen LogP contribution < -0.4 is 5.32 Å². The minimum Gasteiger partial charge on any atom is -0.368 e. The molecule has 4 rings (SSSR count). The van der Waals surface area contributed by atoms with Gasteiger partial charge in [0.1, 0.15) is 0 Å². The Morgan fingerprint density at radius 1 is 0.842 bits per heavy atom. The lowest BCUT2D eigenvalue weighted by Crippen LogP contribution is -2.27. The van der Waals surface area contributed by atoms with Crippen molar-refractivity contribution in [2.75, 3.05) is 6.54 Å². The summed E-state index contributed by atoms with van der Waals surface area (Å²) in [5.41, 5.74) is 6.07. The van der Waals surface area contributed by atoms with E-state index in [9.17, 15) is 9.59 Å². The Balaban J connectivity index is 1.33. The highest BCUT2D eigenvalue weighted by Gasteiger charge is 2.16. The number of carbonyl (C=O) groups excluding carboxylic acids is 2. The largest absolute Gasteiger partial charge is 0.368 e. The summed E-state index contributed by atoms with van der Waals surface area (Å²) in [6.07, 6.45) is 0.746. The van der Waals surface area contributed by atoms with Crippen LogP contribution in [0.15, 0.2) is 102 Å². The lowest BCUT2D eigenvalue weighted by Gasteiger charge is -2.22. The van der Waals surface area contributed by atoms with E-state index in [0.29, 0.717) is 25.2 Å². The van der Waals surface area contributed by atoms with Crippen LogP contribution in [0.3, 0.4) is 0 Å². The van der Waals surface area contributed by atoms with Crippen molar-refractivity contribution in [1.29, 1.82) is 0 Å². The molecule has 0 fully saturated rings. The van der Waals surface area contributed by atoms with E-state index in [0.717, 1.165) is 25.6 Å². The first-order valence-electron chi connectivity index (χ1n) is 12.3. The molecule has 38 heavy (non-hydrogen) atoms. The van der Waals surface area contributed by atoms with Gasteiger partial charge in [0, 0.05) is 27.1 Å². The van der Waals surface area contributed by atoms with Gasteiger partial charge in [-0.05, 0) is 75.0 Å². The molecule has 1 amide bonds. The molecular weight excluding hydrogens is 655 g/mol. The number of hydrogen-bond acceptors (Lipinski definition) is 4. The number of nitrogens with one attached hydrogen (secondary N) is 1. The van der Waals surface area contributed by atoms with Crippen LogP contribution in [0, 0.1) is 3.57 Å². The molecule has 0 aromatic heterocycles. The third-order valence-corrected chi connectivity index (χ3v) is 7.78. The number of rotatable bonds is 10. The van der Waals surface area contributed by atoms with Crippen molar-refractivity contribution in [3.05, 3.63) is 127 Å². The van der Waals surface area contributed by atoms with Gasteiger partial charge in [0.25, 0.3) is 5.91 Å². The van der Waals surface area contributed by atoms with Crippen molar-refractivity contribution in [2.45, 2.75) is 26.4 Å². The molecule has 0 saturated carbocycles. The van der Waals surface area contributed by atoms with Crippen molar-refractivity contribution >= 4 is 50.4 Å². The molecule has 5 nitrogen and oxygen atoms in total. The van der Waals surface area contributed by atoms with Crippen LogP contribution in [0.25, 0.3) is 11.1 Å². The first kappa shape index (κ1) is 28.0. The fraction of sp³-hybridized carbons (Fsp3) is 0.161. The molecule has 0 aliphatic carbocycles. The second-order valence-corrected chi connectivity index (χ2v) is 10.9. The molecular formula is C31H28BrIN2O3. The first-order chi connectivity index (χ1) is 18.4. The summed E-state index contributed by atoms with van der Waals surface area (Å²) in [5, 5.41) is 4.63. The molecule has 4 aromatic rings. The summed E-state index contributed by atoms with van der Waals surface area (Å²) < 4.78 is 1.88. The highest BCUT2D eigenvalue weighted by atomic mass is 127. The number of nitrogens with zero attached hydrogens (tertiary/aromatic N) is 1. The predicted octanol–water partition coefficient (Wildman–Crippen LogP) is 7.17. The standard InChI is InChI=1S/C31H28BrIN2O3/c1-22(36)38-35(21-28-9-5-6-10-30(28)33)20-27-16-15-26(19-29(27)32)31(37)34-18-17-23-11-13-25(14-12-23)24-7-3-2-4-8-24/h2-16,19H,17-18,20-21H2,1H3,(H,34,37). The Morgan fingerprint density at radius 3 is 2.18 bits per heavy atom. The second kappa shape index (κ2) is 13.7. The first-order valence-corrected chi connectivity index (χ1v) is 14.1. The third kappa shape index (κ3) is 7.99. The Bertz CT molecular complexity index is 1390. The van der Waals surface area contributed by atoms with Crippen LogP contribution in [0.5, 0.6) is 0 Å². The second-order valence-electron chi connectivity index (χ2n) is 8.85. The molecule has 194 valence electrons. The molecule has 0 bridgehead atoms. The average Bonchev–Trinajstić information content (AvgIpc) is 2.91. The molecule has 0 atom stereocenters. The molecule has 0 unspecified atom stereocenters. The van der Waals surface area contributed by atoms with Gasteiger partial charge in [-0.3, -0.25) is 9.59 Å². The summed E-state index contributed by atoms with van der Waals surface area (Å²) in [5.74, 6) is -0.508. The molecule has 0 radical (unpaired) electrons. The maximum Gasteiger partial charge on any atom is 0.322 e. The molecule has 0 heterocycles. The van der Waals surface area contributed by atoms with E-state index >= 15 is 0 Å². The minimum absolute atomic E-state index is 0.131. The third-order valence-electron chi connectivity index (χ3n) is 5.98. The normalized spacial score (nSPS) is 10.8. The van der Waals surface area contributed by atoms with Crippen LogP contribution >= 0.6 is 38.5 Å². The Labute approximate surface area is 245 Å². The van der Waals surface area contributed by atoms with Crippen LogP contribution in [-0.2, 0) is 29.1 Å². The zero-order valence-corrected chi connectivity index (χ0v) is 24.7. The lowest BCUT2D eigenvalue weighted by molar-refractivity contribution is -0.194. The van der Waals surface area contributed by atoms with Crippen LogP contribution in [0.1, 0.15) is 34.0 Å². The predicted molar refractivity (Wildman–Crippen MR) is 162 cm³/mol. The van der Waals surface area contributed by atoms with Gasteiger partial charge in [-0.15, -0.1) is 5.06 Å². The monoisotopic (exact) mass is 682 g/mol. The van der Waals surface area contributed by atoms with E-state index in [1.165, 1.54) is 23.6 Å². The van der Waals surface area contributed by atoms with E-state index in [1.54, 1.807) is 17.2 Å². The Hall–Kier alpha value is -3.01. The molecule has 4 aromatic carbocycles. The topological polar surface area (TPSA) is 58.6 Å². The van der Waals surface area contributed by atoms with Gasteiger partial charge in [0.05, 0.1) is 13.1 Å². The van der Waals surface area contributed by atoms with Crippen molar-refractivity contribution in [3.8, 4) is 11.1 Å². The molecule has 0 aliphatic rings. The SMILES string of the molecule is CC(=O)ON(Cc1ccc(C(=O)NCCc2ccc(-c3ccccc3)cc2)cc1Br)Cc1ccccc1I. The van der Waals surface area contributed by atoms with Gasteiger partial charge < -0.3 is 10.2 Å². The van der Waals surface area contributed by atoms with Gasteiger partial charge in [0.15, 0.2) is 0 Å². The molecule has 7 heteroatoms. The number of hydroxylamine groups is 2. The van der Waals surface area contributed by atoms with E-state index in [2.05, 4.69) is 80.2 Å². The van der Waals surface area contributed by atoms with Gasteiger partial charge in [0.2, 0.25) is 0 Å². The quantitative estimate of drug-likeness (QED) is 0.142. The van der Waals surface area contributed by atoms with E-state index in [-0.39, 0.29) is 11.9 Å². The van der Waals surface area contributed by atoms with Crippen molar-refractivity contribution in [2.24, 2.45) is 0 Å². The van der Waals surface area contributed by atoms with E-state index in [1.807, 2.05) is 48.5 Å². The summed E-state index contributed by atoms with van der Waals surface area (Å²) >= 11 is 5.87. The summed E-state index contributed by atoms with van der Waals surface area (Å²) in [6, 6.07) is 32.1. The van der Waals surface area contributed by atoms with Gasteiger partial charge in [-0.25, -0.2) is 0 Å². The van der Waals surface area contributed by atoms with Crippen LogP contribution in [-0.4, -0.2) is 23.5 Å². The molecule has 0 aliphatic heterocycles. The number of carbonyl (C=O) groups is 2. The van der Waals surface area contributed by atoms with E-state index in [4.69, 9.17) is 4.84 Å². The lowest BCUT2D eigenvalue weighted by atomic mass is 10.0. The zero-order chi connectivity index (χ0) is 26.9. The molecule has 0 spiro atoms. The number of hydrogen-bond donors (Lipinski definition) is 1. The average molecular weight is 683 g/mol. The van der Waals surface area contributed by atoms with Crippen LogP contribution in [0.4, 0.5) is 0 Å². The van der Waals surface area contributed by atoms with Gasteiger partial charge >= 0.3 is 5.97 Å². The smallest absolute Gasteiger partial charge is 0.322 e. The minimum atomic E-state index is -0.377. The van der Waals surface area contributed by atoms with Gasteiger partial charge in [-0.2, -0.15) is 0 Å². The number of amides is 1. The molecule has 1 N–H and O–H groups in total. The number of halogens is 2. The maximum atomic E-state index is 12.8. The van der Waals surface area contributed by atoms with Crippen molar-refractivity contribution in [3.63, 3.8) is 0 Å². The van der Waals surface area contributed by atoms with E-state index < -0.39 is 0 Å². The highest BCUT2D eigenvalue weighted by molar-refractivity contribution is 14.1. The van der Waals surface area contributed by atoms with Crippen molar-refractivity contribution < 1.29 is 14.4 Å². The highest BCUT2D eigenvalue weighted by Crippen LogP contribution is 2.23.